The SMILES string of the molecule is O=S(=O)(NCc1ccc2c(c1)OCCO2)c1ccn[nH]1. The summed E-state index contributed by atoms with van der Waals surface area (Å²) in [6, 6.07) is 6.73. The molecule has 7 nitrogen and oxygen atoms in total. The Morgan fingerprint density at radius 1 is 1.20 bits per heavy atom. The van der Waals surface area contributed by atoms with Crippen molar-refractivity contribution < 1.29 is 17.9 Å². The Morgan fingerprint density at radius 3 is 2.75 bits per heavy atom. The van der Waals surface area contributed by atoms with Crippen LogP contribution in [-0.2, 0) is 16.6 Å². The van der Waals surface area contributed by atoms with E-state index in [9.17, 15) is 8.42 Å². The van der Waals surface area contributed by atoms with Crippen molar-refractivity contribution in [2.24, 2.45) is 0 Å². The summed E-state index contributed by atoms with van der Waals surface area (Å²) < 4.78 is 37.2. The zero-order valence-electron chi connectivity index (χ0n) is 10.5. The van der Waals surface area contributed by atoms with Crippen LogP contribution in [0.25, 0.3) is 0 Å². The third kappa shape index (κ3) is 2.61. The molecule has 0 aliphatic carbocycles. The fourth-order valence-corrected chi connectivity index (χ4v) is 2.77. The van der Waals surface area contributed by atoms with Gasteiger partial charge in [-0.3, -0.25) is 5.10 Å². The molecule has 0 spiro atoms. The molecule has 106 valence electrons. The minimum Gasteiger partial charge on any atom is -0.486 e. The number of H-pyrrole nitrogens is 1. The molecule has 2 aromatic rings. The van der Waals surface area contributed by atoms with Gasteiger partial charge < -0.3 is 9.47 Å². The number of hydrogen-bond donors (Lipinski definition) is 2. The smallest absolute Gasteiger partial charge is 0.257 e. The van der Waals surface area contributed by atoms with Gasteiger partial charge in [0.2, 0.25) is 0 Å². The van der Waals surface area contributed by atoms with Crippen LogP contribution in [0.4, 0.5) is 0 Å². The highest BCUT2D eigenvalue weighted by Gasteiger charge is 2.16. The third-order valence-electron chi connectivity index (χ3n) is 2.84. The quantitative estimate of drug-likeness (QED) is 0.864. The molecule has 1 aliphatic heterocycles. The van der Waals surface area contributed by atoms with Crippen molar-refractivity contribution in [2.45, 2.75) is 11.6 Å². The number of nitrogens with one attached hydrogen (secondary N) is 2. The summed E-state index contributed by atoms with van der Waals surface area (Å²) in [5.41, 5.74) is 0.789. The van der Waals surface area contributed by atoms with Crippen molar-refractivity contribution in [3.63, 3.8) is 0 Å². The predicted molar refractivity (Wildman–Crippen MR) is 70.0 cm³/mol. The standard InChI is InChI=1S/C12H13N3O4S/c16-20(17,12-3-4-13-15-12)14-8-9-1-2-10-11(7-9)19-6-5-18-10/h1-4,7,14H,5-6,8H2,(H,13,15). The van der Waals surface area contributed by atoms with Crippen LogP contribution in [0.1, 0.15) is 5.56 Å². The van der Waals surface area contributed by atoms with E-state index in [2.05, 4.69) is 14.9 Å². The van der Waals surface area contributed by atoms with Crippen molar-refractivity contribution in [1.29, 1.82) is 0 Å². The molecule has 2 N–H and O–H groups in total. The van der Waals surface area contributed by atoms with Crippen LogP contribution in [0.2, 0.25) is 0 Å². The van der Waals surface area contributed by atoms with Crippen LogP contribution in [-0.4, -0.2) is 31.8 Å². The lowest BCUT2D eigenvalue weighted by molar-refractivity contribution is 0.171. The molecule has 1 aliphatic rings. The van der Waals surface area contributed by atoms with Crippen molar-refractivity contribution in [3.05, 3.63) is 36.0 Å². The summed E-state index contributed by atoms with van der Waals surface area (Å²) in [7, 11) is -3.58. The summed E-state index contributed by atoms with van der Waals surface area (Å²) in [4.78, 5) is 0. The van der Waals surface area contributed by atoms with Crippen LogP contribution in [0.5, 0.6) is 11.5 Å². The first kappa shape index (κ1) is 12.9. The first-order valence-corrected chi connectivity index (χ1v) is 7.51. The molecule has 0 fully saturated rings. The Morgan fingerprint density at radius 2 is 2.00 bits per heavy atom. The fourth-order valence-electron chi connectivity index (χ4n) is 1.85. The Hall–Kier alpha value is -2.06. The Balaban J connectivity index is 1.73. The molecule has 0 amide bonds. The number of rotatable bonds is 4. The average Bonchev–Trinajstić information content (AvgIpc) is 3.00. The molecule has 1 aromatic heterocycles. The van der Waals surface area contributed by atoms with Gasteiger partial charge in [0.05, 0.1) is 6.20 Å². The van der Waals surface area contributed by atoms with Gasteiger partial charge in [-0.15, -0.1) is 0 Å². The number of sulfonamides is 1. The zero-order chi connectivity index (χ0) is 14.0. The fraction of sp³-hybridized carbons (Fsp3) is 0.250. The number of hydrogen-bond acceptors (Lipinski definition) is 5. The topological polar surface area (TPSA) is 93.3 Å². The van der Waals surface area contributed by atoms with Gasteiger partial charge >= 0.3 is 0 Å². The van der Waals surface area contributed by atoms with Gasteiger partial charge in [-0.1, -0.05) is 6.07 Å². The molecule has 0 saturated carbocycles. The first-order chi connectivity index (χ1) is 9.65. The van der Waals surface area contributed by atoms with Crippen molar-refractivity contribution in [3.8, 4) is 11.5 Å². The zero-order valence-corrected chi connectivity index (χ0v) is 11.3. The van der Waals surface area contributed by atoms with E-state index in [0.29, 0.717) is 24.7 Å². The number of fused-ring (bicyclic) bond motifs is 1. The minimum atomic E-state index is -3.58. The number of benzene rings is 1. The molecule has 0 unspecified atom stereocenters. The van der Waals surface area contributed by atoms with Crippen molar-refractivity contribution in [2.75, 3.05) is 13.2 Å². The Labute approximate surface area is 116 Å². The third-order valence-corrected chi connectivity index (χ3v) is 4.17. The molecular formula is C12H13N3O4S. The average molecular weight is 295 g/mol. The van der Waals surface area contributed by atoms with Crippen LogP contribution >= 0.6 is 0 Å². The van der Waals surface area contributed by atoms with Crippen LogP contribution < -0.4 is 14.2 Å². The highest BCUT2D eigenvalue weighted by molar-refractivity contribution is 7.89. The van der Waals surface area contributed by atoms with E-state index in [1.165, 1.54) is 12.3 Å². The maximum atomic E-state index is 11.9. The van der Waals surface area contributed by atoms with E-state index >= 15 is 0 Å². The molecular weight excluding hydrogens is 282 g/mol. The van der Waals surface area contributed by atoms with Gasteiger partial charge in [-0.25, -0.2) is 13.1 Å². The monoisotopic (exact) mass is 295 g/mol. The van der Waals surface area contributed by atoms with E-state index in [4.69, 9.17) is 9.47 Å². The number of aromatic nitrogens is 2. The number of nitrogens with zero attached hydrogens (tertiary/aromatic N) is 1. The molecule has 8 heteroatoms. The lowest BCUT2D eigenvalue weighted by Gasteiger charge is -2.18. The lowest BCUT2D eigenvalue weighted by Crippen LogP contribution is -2.23. The molecule has 0 saturated heterocycles. The largest absolute Gasteiger partial charge is 0.486 e. The second-order valence-electron chi connectivity index (χ2n) is 4.22. The number of ether oxygens (including phenoxy) is 2. The van der Waals surface area contributed by atoms with E-state index < -0.39 is 10.0 Å². The van der Waals surface area contributed by atoms with E-state index in [0.717, 1.165) is 5.56 Å². The van der Waals surface area contributed by atoms with Crippen molar-refractivity contribution in [1.82, 2.24) is 14.9 Å². The van der Waals surface area contributed by atoms with Crippen molar-refractivity contribution >= 4 is 10.0 Å². The van der Waals surface area contributed by atoms with Crippen LogP contribution in [0.3, 0.4) is 0 Å². The van der Waals surface area contributed by atoms with Gasteiger partial charge in [0.25, 0.3) is 10.0 Å². The molecule has 0 radical (unpaired) electrons. The Kier molecular flexibility index (Phi) is 3.33. The van der Waals surface area contributed by atoms with E-state index in [1.54, 1.807) is 18.2 Å². The second-order valence-corrected chi connectivity index (χ2v) is 5.96. The van der Waals surface area contributed by atoms with Gasteiger partial charge in [-0.2, -0.15) is 5.10 Å². The van der Waals surface area contributed by atoms with Gasteiger partial charge in [0, 0.05) is 6.54 Å². The maximum absolute atomic E-state index is 11.9. The lowest BCUT2D eigenvalue weighted by atomic mass is 10.2. The normalized spacial score (nSPS) is 14.2. The molecule has 3 rings (SSSR count). The van der Waals surface area contributed by atoms with Gasteiger partial charge in [0.1, 0.15) is 13.2 Å². The summed E-state index contributed by atoms with van der Waals surface area (Å²) in [5, 5.41) is 6.08. The van der Waals surface area contributed by atoms with Crippen LogP contribution in [0.15, 0.2) is 35.5 Å². The first-order valence-electron chi connectivity index (χ1n) is 6.03. The summed E-state index contributed by atoms with van der Waals surface area (Å²) >= 11 is 0. The van der Waals surface area contributed by atoms with E-state index in [1.807, 2.05) is 0 Å². The Bertz CT molecular complexity index is 697. The van der Waals surface area contributed by atoms with Crippen LogP contribution in [0, 0.1) is 0 Å². The molecule has 0 bridgehead atoms. The summed E-state index contributed by atoms with van der Waals surface area (Å²) in [6.45, 7) is 1.19. The molecule has 0 atom stereocenters. The minimum absolute atomic E-state index is 0.0371. The second kappa shape index (κ2) is 5.14. The molecule has 20 heavy (non-hydrogen) atoms. The summed E-state index contributed by atoms with van der Waals surface area (Å²) in [5.74, 6) is 1.31. The number of aromatic amines is 1. The highest BCUT2D eigenvalue weighted by Crippen LogP contribution is 2.30. The van der Waals surface area contributed by atoms with E-state index in [-0.39, 0.29) is 11.6 Å². The molecule has 1 aromatic carbocycles. The predicted octanol–water partition coefficient (Wildman–Crippen LogP) is 0.659. The highest BCUT2D eigenvalue weighted by atomic mass is 32.2. The van der Waals surface area contributed by atoms with Gasteiger partial charge in [0.15, 0.2) is 16.5 Å². The van der Waals surface area contributed by atoms with Gasteiger partial charge in [-0.05, 0) is 23.8 Å². The molecule has 2 heterocycles. The summed E-state index contributed by atoms with van der Waals surface area (Å²) in [6.07, 6.45) is 1.39. The maximum Gasteiger partial charge on any atom is 0.257 e.